The molecule has 0 amide bonds. The minimum absolute atomic E-state index is 0.137. The first-order valence-corrected chi connectivity index (χ1v) is 6.07. The fourth-order valence-corrected chi connectivity index (χ4v) is 3.12. The van der Waals surface area contributed by atoms with Gasteiger partial charge in [0.25, 0.3) is 0 Å². The van der Waals surface area contributed by atoms with Gasteiger partial charge in [-0.1, -0.05) is 0 Å². The van der Waals surface area contributed by atoms with Crippen LogP contribution in [0.4, 0.5) is 5.69 Å². The molecule has 2 aliphatic rings. The van der Waals surface area contributed by atoms with E-state index in [1.807, 2.05) is 12.1 Å². The fourth-order valence-electron chi connectivity index (χ4n) is 3.12. The molecule has 88 valence electrons. The summed E-state index contributed by atoms with van der Waals surface area (Å²) < 4.78 is 0. The zero-order valence-electron chi connectivity index (χ0n) is 9.58. The van der Waals surface area contributed by atoms with Crippen LogP contribution in [0.3, 0.4) is 0 Å². The van der Waals surface area contributed by atoms with Crippen LogP contribution in [0.5, 0.6) is 0 Å². The number of anilines is 1. The van der Waals surface area contributed by atoms with E-state index in [0.717, 1.165) is 31.6 Å². The molecule has 17 heavy (non-hydrogen) atoms. The molecule has 0 bridgehead atoms. The van der Waals surface area contributed by atoms with Gasteiger partial charge in [-0.3, -0.25) is 0 Å². The van der Waals surface area contributed by atoms with E-state index < -0.39 is 0 Å². The highest BCUT2D eigenvalue weighted by Crippen LogP contribution is 2.39. The summed E-state index contributed by atoms with van der Waals surface area (Å²) in [5.41, 5.74) is 1.51. The summed E-state index contributed by atoms with van der Waals surface area (Å²) in [6.45, 7) is 1.90. The SMILES string of the molecule is N#Cc1cc(N2CC3CCC(O)C3C2)ccn1. The predicted molar refractivity (Wildman–Crippen MR) is 63.4 cm³/mol. The van der Waals surface area contributed by atoms with E-state index in [1.54, 1.807) is 6.20 Å². The maximum absolute atomic E-state index is 9.87. The van der Waals surface area contributed by atoms with E-state index in [-0.39, 0.29) is 6.10 Å². The van der Waals surface area contributed by atoms with Crippen LogP contribution >= 0.6 is 0 Å². The summed E-state index contributed by atoms with van der Waals surface area (Å²) in [5.74, 6) is 1.03. The number of pyridine rings is 1. The van der Waals surface area contributed by atoms with Gasteiger partial charge in [-0.25, -0.2) is 4.98 Å². The minimum atomic E-state index is -0.137. The molecule has 1 aliphatic heterocycles. The molecule has 1 saturated heterocycles. The number of aliphatic hydroxyl groups is 1. The van der Waals surface area contributed by atoms with Crippen molar-refractivity contribution in [2.75, 3.05) is 18.0 Å². The Morgan fingerprint density at radius 1 is 1.41 bits per heavy atom. The average molecular weight is 229 g/mol. The molecule has 1 aromatic heterocycles. The number of aliphatic hydroxyl groups excluding tert-OH is 1. The van der Waals surface area contributed by atoms with E-state index in [2.05, 4.69) is 16.0 Å². The second kappa shape index (κ2) is 4.01. The van der Waals surface area contributed by atoms with Crippen LogP contribution in [-0.4, -0.2) is 29.3 Å². The van der Waals surface area contributed by atoms with Gasteiger partial charge >= 0.3 is 0 Å². The van der Waals surface area contributed by atoms with Gasteiger partial charge in [0.15, 0.2) is 0 Å². The first-order valence-electron chi connectivity index (χ1n) is 6.07. The van der Waals surface area contributed by atoms with Gasteiger partial charge in [0, 0.05) is 30.9 Å². The van der Waals surface area contributed by atoms with Gasteiger partial charge in [0.05, 0.1) is 6.10 Å². The Kier molecular flexibility index (Phi) is 2.49. The van der Waals surface area contributed by atoms with Crippen molar-refractivity contribution in [3.8, 4) is 6.07 Å². The molecule has 2 fully saturated rings. The summed E-state index contributed by atoms with van der Waals surface area (Å²) in [6.07, 6.45) is 3.61. The Bertz CT molecular complexity index is 468. The zero-order chi connectivity index (χ0) is 11.8. The molecular formula is C13H15N3O. The molecule has 0 spiro atoms. The minimum Gasteiger partial charge on any atom is -0.393 e. The van der Waals surface area contributed by atoms with Crippen LogP contribution in [0.2, 0.25) is 0 Å². The fraction of sp³-hybridized carbons (Fsp3) is 0.538. The highest BCUT2D eigenvalue weighted by molar-refractivity contribution is 5.50. The van der Waals surface area contributed by atoms with Crippen molar-refractivity contribution in [1.29, 1.82) is 5.26 Å². The molecule has 1 aromatic rings. The third-order valence-corrected chi connectivity index (χ3v) is 4.04. The number of hydrogen-bond donors (Lipinski definition) is 1. The lowest BCUT2D eigenvalue weighted by Gasteiger charge is -2.20. The topological polar surface area (TPSA) is 60.2 Å². The maximum atomic E-state index is 9.87. The first-order chi connectivity index (χ1) is 8.28. The maximum Gasteiger partial charge on any atom is 0.142 e. The van der Waals surface area contributed by atoms with E-state index in [4.69, 9.17) is 5.26 Å². The molecule has 0 aromatic carbocycles. The number of nitriles is 1. The average Bonchev–Trinajstić information content (AvgIpc) is 2.92. The molecule has 1 saturated carbocycles. The van der Waals surface area contributed by atoms with Crippen molar-refractivity contribution in [3.05, 3.63) is 24.0 Å². The quantitative estimate of drug-likeness (QED) is 0.785. The molecule has 4 nitrogen and oxygen atoms in total. The van der Waals surface area contributed by atoms with Crippen molar-refractivity contribution < 1.29 is 5.11 Å². The third-order valence-electron chi connectivity index (χ3n) is 4.04. The van der Waals surface area contributed by atoms with Crippen LogP contribution in [0.25, 0.3) is 0 Å². The molecule has 3 atom stereocenters. The van der Waals surface area contributed by atoms with Crippen LogP contribution in [0, 0.1) is 23.2 Å². The van der Waals surface area contributed by atoms with E-state index >= 15 is 0 Å². The smallest absolute Gasteiger partial charge is 0.142 e. The molecule has 2 heterocycles. The van der Waals surface area contributed by atoms with E-state index in [1.165, 1.54) is 0 Å². The highest BCUT2D eigenvalue weighted by Gasteiger charge is 2.41. The lowest BCUT2D eigenvalue weighted by atomic mass is 10.00. The normalized spacial score (nSPS) is 31.3. The van der Waals surface area contributed by atoms with Gasteiger partial charge in [0.1, 0.15) is 11.8 Å². The molecule has 0 radical (unpaired) electrons. The summed E-state index contributed by atoms with van der Waals surface area (Å²) in [5, 5.41) is 18.7. The lowest BCUT2D eigenvalue weighted by molar-refractivity contribution is 0.133. The van der Waals surface area contributed by atoms with Crippen LogP contribution in [-0.2, 0) is 0 Å². The molecule has 3 rings (SSSR count). The molecule has 4 heteroatoms. The number of aromatic nitrogens is 1. The molecule has 3 unspecified atom stereocenters. The Morgan fingerprint density at radius 3 is 3.06 bits per heavy atom. The number of rotatable bonds is 1. The number of nitrogens with zero attached hydrogens (tertiary/aromatic N) is 3. The van der Waals surface area contributed by atoms with Crippen LogP contribution in [0.1, 0.15) is 18.5 Å². The van der Waals surface area contributed by atoms with E-state index in [0.29, 0.717) is 17.5 Å². The Balaban J connectivity index is 1.81. The Morgan fingerprint density at radius 2 is 2.29 bits per heavy atom. The monoisotopic (exact) mass is 229 g/mol. The van der Waals surface area contributed by atoms with Gasteiger partial charge in [-0.05, 0) is 30.9 Å². The number of hydrogen-bond acceptors (Lipinski definition) is 4. The van der Waals surface area contributed by atoms with Gasteiger partial charge in [-0.2, -0.15) is 5.26 Å². The third kappa shape index (κ3) is 1.77. The summed E-state index contributed by atoms with van der Waals surface area (Å²) in [7, 11) is 0. The van der Waals surface area contributed by atoms with Crippen molar-refractivity contribution in [1.82, 2.24) is 4.98 Å². The van der Waals surface area contributed by atoms with Crippen LogP contribution in [0.15, 0.2) is 18.3 Å². The molecule has 1 N–H and O–H groups in total. The summed E-state index contributed by atoms with van der Waals surface area (Å²) in [6, 6.07) is 5.83. The Hall–Kier alpha value is -1.60. The van der Waals surface area contributed by atoms with Crippen molar-refractivity contribution in [3.63, 3.8) is 0 Å². The van der Waals surface area contributed by atoms with E-state index in [9.17, 15) is 5.11 Å². The standard InChI is InChI=1S/C13H15N3O/c14-6-10-5-11(3-4-15-10)16-7-9-1-2-13(17)12(9)8-16/h3-5,9,12-13,17H,1-2,7-8H2. The van der Waals surface area contributed by atoms with Gasteiger partial charge in [-0.15, -0.1) is 0 Å². The largest absolute Gasteiger partial charge is 0.393 e. The Labute approximate surface area is 101 Å². The van der Waals surface area contributed by atoms with Crippen molar-refractivity contribution in [2.45, 2.75) is 18.9 Å². The summed E-state index contributed by atoms with van der Waals surface area (Å²) in [4.78, 5) is 6.24. The van der Waals surface area contributed by atoms with Gasteiger partial charge < -0.3 is 10.0 Å². The van der Waals surface area contributed by atoms with Crippen molar-refractivity contribution in [2.24, 2.45) is 11.8 Å². The summed E-state index contributed by atoms with van der Waals surface area (Å²) >= 11 is 0. The number of fused-ring (bicyclic) bond motifs is 1. The lowest BCUT2D eigenvalue weighted by Crippen LogP contribution is -2.24. The second-order valence-corrected chi connectivity index (χ2v) is 4.98. The van der Waals surface area contributed by atoms with Gasteiger partial charge in [0.2, 0.25) is 0 Å². The van der Waals surface area contributed by atoms with Crippen LogP contribution < -0.4 is 4.90 Å². The first kappa shape index (κ1) is 10.5. The zero-order valence-corrected chi connectivity index (χ0v) is 9.58. The predicted octanol–water partition coefficient (Wildman–Crippen LogP) is 1.16. The molecular weight excluding hydrogens is 214 g/mol. The second-order valence-electron chi connectivity index (χ2n) is 4.98. The highest BCUT2D eigenvalue weighted by atomic mass is 16.3. The molecule has 1 aliphatic carbocycles. The van der Waals surface area contributed by atoms with Crippen molar-refractivity contribution >= 4 is 5.69 Å².